The molecule has 0 aromatic carbocycles. The van der Waals surface area contributed by atoms with E-state index in [1.54, 1.807) is 6.92 Å². The van der Waals surface area contributed by atoms with Gasteiger partial charge in [-0.05, 0) is 19.8 Å². The standard InChI is InChI=1S/C12H24O3/c1-4-6-7-9-15-12(14)10(3)11(13)8-5-2/h10-11,13H,4-9H2,1-3H3. The normalized spacial score (nSPS) is 14.7. The van der Waals surface area contributed by atoms with E-state index in [9.17, 15) is 9.90 Å². The topological polar surface area (TPSA) is 46.5 Å². The van der Waals surface area contributed by atoms with Gasteiger partial charge in [-0.3, -0.25) is 4.79 Å². The molecule has 2 unspecified atom stereocenters. The van der Waals surface area contributed by atoms with E-state index in [-0.39, 0.29) is 5.97 Å². The van der Waals surface area contributed by atoms with Gasteiger partial charge in [0.25, 0.3) is 0 Å². The third-order valence-electron chi connectivity index (χ3n) is 2.53. The van der Waals surface area contributed by atoms with Gasteiger partial charge >= 0.3 is 5.97 Å². The Morgan fingerprint density at radius 3 is 2.47 bits per heavy atom. The van der Waals surface area contributed by atoms with Crippen molar-refractivity contribution in [3.8, 4) is 0 Å². The van der Waals surface area contributed by atoms with Gasteiger partial charge in [0.2, 0.25) is 0 Å². The maximum Gasteiger partial charge on any atom is 0.311 e. The molecule has 0 bridgehead atoms. The Balaban J connectivity index is 3.68. The summed E-state index contributed by atoms with van der Waals surface area (Å²) in [6.45, 7) is 6.30. The molecule has 0 spiro atoms. The largest absolute Gasteiger partial charge is 0.465 e. The van der Waals surface area contributed by atoms with Crippen LogP contribution >= 0.6 is 0 Å². The highest BCUT2D eigenvalue weighted by molar-refractivity contribution is 5.72. The van der Waals surface area contributed by atoms with Crippen LogP contribution in [0.1, 0.15) is 52.9 Å². The molecular weight excluding hydrogens is 192 g/mol. The van der Waals surface area contributed by atoms with Crippen LogP contribution in [0.4, 0.5) is 0 Å². The fraction of sp³-hybridized carbons (Fsp3) is 0.917. The predicted octanol–water partition coefficient (Wildman–Crippen LogP) is 2.52. The second-order valence-corrected chi connectivity index (χ2v) is 4.02. The van der Waals surface area contributed by atoms with Crippen LogP contribution in [-0.4, -0.2) is 23.8 Å². The predicted molar refractivity (Wildman–Crippen MR) is 60.6 cm³/mol. The Hall–Kier alpha value is -0.570. The van der Waals surface area contributed by atoms with Crippen molar-refractivity contribution >= 4 is 5.97 Å². The van der Waals surface area contributed by atoms with Gasteiger partial charge in [-0.1, -0.05) is 33.1 Å². The van der Waals surface area contributed by atoms with Crippen LogP contribution in [-0.2, 0) is 9.53 Å². The number of carbonyl (C=O) groups is 1. The summed E-state index contributed by atoms with van der Waals surface area (Å²) in [6, 6.07) is 0. The lowest BCUT2D eigenvalue weighted by Crippen LogP contribution is -2.27. The Kier molecular flexibility index (Phi) is 8.38. The zero-order chi connectivity index (χ0) is 11.7. The molecule has 3 nitrogen and oxygen atoms in total. The lowest BCUT2D eigenvalue weighted by molar-refractivity contribution is -0.152. The van der Waals surface area contributed by atoms with Gasteiger partial charge in [0, 0.05) is 0 Å². The van der Waals surface area contributed by atoms with Crippen LogP contribution < -0.4 is 0 Å². The van der Waals surface area contributed by atoms with Crippen LogP contribution in [0.5, 0.6) is 0 Å². The molecule has 0 amide bonds. The average molecular weight is 216 g/mol. The van der Waals surface area contributed by atoms with Crippen molar-refractivity contribution in [3.05, 3.63) is 0 Å². The number of rotatable bonds is 8. The summed E-state index contributed by atoms with van der Waals surface area (Å²) in [5, 5.41) is 9.59. The first kappa shape index (κ1) is 14.4. The van der Waals surface area contributed by atoms with Gasteiger partial charge in [-0.2, -0.15) is 0 Å². The highest BCUT2D eigenvalue weighted by atomic mass is 16.5. The molecule has 0 saturated heterocycles. The van der Waals surface area contributed by atoms with E-state index in [4.69, 9.17) is 4.74 Å². The molecule has 0 aliphatic heterocycles. The minimum atomic E-state index is -0.561. The van der Waals surface area contributed by atoms with Gasteiger partial charge in [-0.15, -0.1) is 0 Å². The summed E-state index contributed by atoms with van der Waals surface area (Å²) in [6.07, 6.45) is 4.09. The molecule has 0 fully saturated rings. The van der Waals surface area contributed by atoms with Crippen molar-refractivity contribution in [2.24, 2.45) is 5.92 Å². The van der Waals surface area contributed by atoms with Crippen LogP contribution in [0.25, 0.3) is 0 Å². The number of esters is 1. The van der Waals surface area contributed by atoms with E-state index in [1.807, 2.05) is 6.92 Å². The number of aliphatic hydroxyl groups excluding tert-OH is 1. The zero-order valence-corrected chi connectivity index (χ0v) is 10.2. The number of unbranched alkanes of at least 4 members (excludes halogenated alkanes) is 2. The summed E-state index contributed by atoms with van der Waals surface area (Å²) in [4.78, 5) is 11.4. The highest BCUT2D eigenvalue weighted by Crippen LogP contribution is 2.11. The van der Waals surface area contributed by atoms with Gasteiger partial charge in [0.05, 0.1) is 18.6 Å². The highest BCUT2D eigenvalue weighted by Gasteiger charge is 2.22. The Labute approximate surface area is 92.8 Å². The molecule has 0 rings (SSSR count). The van der Waals surface area contributed by atoms with E-state index in [0.29, 0.717) is 13.0 Å². The van der Waals surface area contributed by atoms with Crippen LogP contribution in [0, 0.1) is 5.92 Å². The zero-order valence-electron chi connectivity index (χ0n) is 10.2. The molecule has 0 radical (unpaired) electrons. The van der Waals surface area contributed by atoms with Gasteiger partial charge in [-0.25, -0.2) is 0 Å². The second kappa shape index (κ2) is 8.72. The van der Waals surface area contributed by atoms with E-state index in [1.165, 1.54) is 0 Å². The lowest BCUT2D eigenvalue weighted by Gasteiger charge is -2.16. The van der Waals surface area contributed by atoms with E-state index >= 15 is 0 Å². The van der Waals surface area contributed by atoms with E-state index in [0.717, 1.165) is 25.7 Å². The minimum absolute atomic E-state index is 0.271. The van der Waals surface area contributed by atoms with Crippen molar-refractivity contribution < 1.29 is 14.6 Å². The first-order valence-corrected chi connectivity index (χ1v) is 5.98. The van der Waals surface area contributed by atoms with Crippen LogP contribution in [0.3, 0.4) is 0 Å². The first-order chi connectivity index (χ1) is 7.13. The van der Waals surface area contributed by atoms with Crippen molar-refractivity contribution in [2.75, 3.05) is 6.61 Å². The Morgan fingerprint density at radius 1 is 1.27 bits per heavy atom. The molecule has 1 N–H and O–H groups in total. The molecule has 0 aromatic heterocycles. The van der Waals surface area contributed by atoms with Gasteiger partial charge < -0.3 is 9.84 Å². The molecule has 90 valence electrons. The number of hydrogen-bond acceptors (Lipinski definition) is 3. The summed E-state index contributed by atoms with van der Waals surface area (Å²) < 4.78 is 5.07. The maximum absolute atomic E-state index is 11.4. The third kappa shape index (κ3) is 6.50. The number of hydrogen-bond donors (Lipinski definition) is 1. The Morgan fingerprint density at radius 2 is 1.93 bits per heavy atom. The molecule has 0 aromatic rings. The molecule has 15 heavy (non-hydrogen) atoms. The fourth-order valence-electron chi connectivity index (χ4n) is 1.36. The second-order valence-electron chi connectivity index (χ2n) is 4.02. The summed E-state index contributed by atoms with van der Waals surface area (Å²) in [5.74, 6) is -0.668. The maximum atomic E-state index is 11.4. The van der Waals surface area contributed by atoms with Crippen molar-refractivity contribution in [3.63, 3.8) is 0 Å². The molecule has 2 atom stereocenters. The first-order valence-electron chi connectivity index (χ1n) is 5.98. The quantitative estimate of drug-likeness (QED) is 0.501. The van der Waals surface area contributed by atoms with Gasteiger partial charge in [0.15, 0.2) is 0 Å². The SMILES string of the molecule is CCCCCOC(=O)C(C)C(O)CCC. The van der Waals surface area contributed by atoms with Gasteiger partial charge in [0.1, 0.15) is 0 Å². The number of aliphatic hydroxyl groups is 1. The van der Waals surface area contributed by atoms with Crippen molar-refractivity contribution in [2.45, 2.75) is 59.0 Å². The summed E-state index contributed by atoms with van der Waals surface area (Å²) in [7, 11) is 0. The molecular formula is C12H24O3. The van der Waals surface area contributed by atoms with Crippen molar-refractivity contribution in [1.29, 1.82) is 0 Å². The molecule has 0 heterocycles. The van der Waals surface area contributed by atoms with Crippen LogP contribution in [0.2, 0.25) is 0 Å². The molecule has 0 saturated carbocycles. The fourth-order valence-corrected chi connectivity index (χ4v) is 1.36. The monoisotopic (exact) mass is 216 g/mol. The Bertz CT molecular complexity index is 168. The minimum Gasteiger partial charge on any atom is -0.465 e. The van der Waals surface area contributed by atoms with Crippen molar-refractivity contribution in [1.82, 2.24) is 0 Å². The van der Waals surface area contributed by atoms with Crippen LogP contribution in [0.15, 0.2) is 0 Å². The average Bonchev–Trinajstić information content (AvgIpc) is 2.23. The number of ether oxygens (including phenoxy) is 1. The molecule has 0 aliphatic rings. The molecule has 0 aliphatic carbocycles. The smallest absolute Gasteiger partial charge is 0.311 e. The third-order valence-corrected chi connectivity index (χ3v) is 2.53. The summed E-state index contributed by atoms with van der Waals surface area (Å²) in [5.41, 5.74) is 0. The summed E-state index contributed by atoms with van der Waals surface area (Å²) >= 11 is 0. The lowest BCUT2D eigenvalue weighted by atomic mass is 10.0. The molecule has 3 heteroatoms. The number of carbonyl (C=O) groups excluding carboxylic acids is 1. The van der Waals surface area contributed by atoms with E-state index in [2.05, 4.69) is 6.92 Å². The van der Waals surface area contributed by atoms with E-state index < -0.39 is 12.0 Å².